The molecule has 2 heterocycles. The van der Waals surface area contributed by atoms with E-state index < -0.39 is 20.8 Å². The van der Waals surface area contributed by atoms with Crippen molar-refractivity contribution in [3.63, 3.8) is 0 Å². The normalized spacial score (nSPS) is 12.9. The van der Waals surface area contributed by atoms with Crippen molar-refractivity contribution in [2.75, 3.05) is 23.8 Å². The number of hydrogen-bond acceptors (Lipinski definition) is 9. The molecule has 172 valence electrons. The molecule has 32 heavy (non-hydrogen) atoms. The molecular formula is C17H21ClN6O6P2. The molecule has 1 unspecified atom stereocenters. The summed E-state index contributed by atoms with van der Waals surface area (Å²) < 4.78 is 17.9. The minimum absolute atomic E-state index is 0.00456. The van der Waals surface area contributed by atoms with Crippen LogP contribution < -0.4 is 15.5 Å². The molecule has 0 fully saturated rings. The molecule has 5 N–H and O–H groups in total. The standard InChI is InChI=1S/C17H21ClN6O6P2/c1-10(2)24-9-20-13-14(21-12-5-3-4-11(18)8-12)22-16(23-15(13)24)19-6-7-30-17(31(25)26)32(27,28)29/h3-5,8-10H,6-7H2,1-2H3,(H,25,26)(H2,27,28,29)(H2,19,21,22,23). The van der Waals surface area contributed by atoms with E-state index in [0.717, 1.165) is 0 Å². The van der Waals surface area contributed by atoms with E-state index in [-0.39, 0.29) is 25.1 Å². The number of hydrogen-bond donors (Lipinski definition) is 5. The van der Waals surface area contributed by atoms with Crippen LogP contribution in [0.15, 0.2) is 30.6 Å². The highest BCUT2D eigenvalue weighted by atomic mass is 35.5. The van der Waals surface area contributed by atoms with Crippen LogP contribution in [0.5, 0.6) is 0 Å². The number of anilines is 3. The van der Waals surface area contributed by atoms with Crippen molar-refractivity contribution in [2.45, 2.75) is 19.9 Å². The van der Waals surface area contributed by atoms with Gasteiger partial charge < -0.3 is 34.6 Å². The number of nitrogens with zero attached hydrogens (tertiary/aromatic N) is 4. The molecule has 15 heteroatoms. The molecule has 0 aliphatic rings. The van der Waals surface area contributed by atoms with Gasteiger partial charge in [-0.05, 0) is 32.0 Å². The number of rotatable bonds is 9. The lowest BCUT2D eigenvalue weighted by Gasteiger charge is -2.12. The van der Waals surface area contributed by atoms with E-state index >= 15 is 0 Å². The molecule has 0 aliphatic heterocycles. The Morgan fingerprint density at radius 3 is 2.75 bits per heavy atom. The molecule has 0 spiro atoms. The Morgan fingerprint density at radius 1 is 1.38 bits per heavy atom. The minimum Gasteiger partial charge on any atom is -0.601 e. The van der Waals surface area contributed by atoms with Gasteiger partial charge in [0.05, 0.1) is 12.9 Å². The first kappa shape index (κ1) is 24.5. The monoisotopic (exact) mass is 502 g/mol. The van der Waals surface area contributed by atoms with Crippen LogP contribution >= 0.6 is 27.2 Å². The van der Waals surface area contributed by atoms with E-state index in [1.165, 1.54) is 0 Å². The Morgan fingerprint density at radius 2 is 2.12 bits per heavy atom. The van der Waals surface area contributed by atoms with Gasteiger partial charge in [-0.2, -0.15) is 14.9 Å². The summed E-state index contributed by atoms with van der Waals surface area (Å²) in [4.78, 5) is 51.5. The minimum atomic E-state index is -4.97. The van der Waals surface area contributed by atoms with Gasteiger partial charge in [-0.1, -0.05) is 17.7 Å². The summed E-state index contributed by atoms with van der Waals surface area (Å²) in [7, 11) is -8.27. The quantitative estimate of drug-likeness (QED) is 0.214. The van der Waals surface area contributed by atoms with Gasteiger partial charge in [0.1, 0.15) is 0 Å². The number of fused-ring (bicyclic) bond motifs is 1. The lowest BCUT2D eigenvalue weighted by Crippen LogP contribution is -2.17. The summed E-state index contributed by atoms with van der Waals surface area (Å²) in [5.41, 5.74) is 1.79. The second-order valence-electron chi connectivity index (χ2n) is 6.82. The summed E-state index contributed by atoms with van der Waals surface area (Å²) >= 11 is 6.06. The molecule has 1 atom stereocenters. The summed E-state index contributed by atoms with van der Waals surface area (Å²) in [6.07, 6.45) is 1.65. The molecule has 2 aromatic heterocycles. The summed E-state index contributed by atoms with van der Waals surface area (Å²) in [6.45, 7) is 3.65. The predicted molar refractivity (Wildman–Crippen MR) is 121 cm³/mol. The van der Waals surface area contributed by atoms with E-state index in [1.54, 1.807) is 24.5 Å². The van der Waals surface area contributed by atoms with Gasteiger partial charge in [0.15, 0.2) is 17.0 Å². The van der Waals surface area contributed by atoms with Crippen molar-refractivity contribution in [2.24, 2.45) is 0 Å². The molecule has 0 aliphatic carbocycles. The first-order chi connectivity index (χ1) is 15.1. The largest absolute Gasteiger partial charge is 0.601 e. The number of ether oxygens (including phenoxy) is 1. The summed E-state index contributed by atoms with van der Waals surface area (Å²) in [6, 6.07) is 7.15. The molecular weight excluding hydrogens is 482 g/mol. The van der Waals surface area contributed by atoms with Crippen LogP contribution in [-0.2, 0) is 9.30 Å². The summed E-state index contributed by atoms with van der Waals surface area (Å²) in [5.74, 6) is 0.611. The van der Waals surface area contributed by atoms with E-state index in [2.05, 4.69) is 25.6 Å². The Bertz CT molecular complexity index is 1190. The zero-order valence-electron chi connectivity index (χ0n) is 17.0. The van der Waals surface area contributed by atoms with Crippen molar-refractivity contribution < 1.29 is 28.9 Å². The molecule has 0 amide bonds. The topological polar surface area (TPSA) is 178 Å². The first-order valence-electron chi connectivity index (χ1n) is 9.29. The fourth-order valence-corrected chi connectivity index (χ4v) is 4.26. The van der Waals surface area contributed by atoms with Gasteiger partial charge in [0.2, 0.25) is 5.95 Å². The van der Waals surface area contributed by atoms with Crippen molar-refractivity contribution in [3.8, 4) is 0 Å². The Hall–Kier alpha value is -2.14. The summed E-state index contributed by atoms with van der Waals surface area (Å²) in [5, 5.41) is 5.41. The third-order valence-corrected chi connectivity index (χ3v) is 6.71. The maximum Gasteiger partial charge on any atom is 0.425 e. The number of halogens is 1. The van der Waals surface area contributed by atoms with Gasteiger partial charge in [-0.15, -0.1) is 0 Å². The predicted octanol–water partition coefficient (Wildman–Crippen LogP) is 2.16. The van der Waals surface area contributed by atoms with Crippen LogP contribution in [0, 0.1) is 0 Å². The van der Waals surface area contributed by atoms with Crippen molar-refractivity contribution >= 4 is 61.0 Å². The molecule has 3 rings (SSSR count). The van der Waals surface area contributed by atoms with Gasteiger partial charge in [-0.3, -0.25) is 0 Å². The number of nitrogens with one attached hydrogen (secondary N) is 2. The van der Waals surface area contributed by atoms with Crippen LogP contribution in [0.1, 0.15) is 19.9 Å². The molecule has 0 radical (unpaired) electrons. The molecule has 0 saturated heterocycles. The van der Waals surface area contributed by atoms with Crippen LogP contribution in [-0.4, -0.2) is 52.6 Å². The molecule has 12 nitrogen and oxygen atoms in total. The third-order valence-electron chi connectivity index (χ3n) is 4.09. The fourth-order valence-electron chi connectivity index (χ4n) is 2.72. The second-order valence-corrected chi connectivity index (χ2v) is 10.1. The highest BCUT2D eigenvalue weighted by Crippen LogP contribution is 2.42. The van der Waals surface area contributed by atoms with Gasteiger partial charge >= 0.3 is 12.8 Å². The maximum absolute atomic E-state index is 11.2. The molecule has 3 aromatic rings. The van der Waals surface area contributed by atoms with Gasteiger partial charge in [0, 0.05) is 23.3 Å². The van der Waals surface area contributed by atoms with E-state index in [1.807, 2.05) is 24.5 Å². The highest BCUT2D eigenvalue weighted by Gasteiger charge is 2.32. The molecule has 0 bridgehead atoms. The van der Waals surface area contributed by atoms with Crippen LogP contribution in [0.4, 0.5) is 17.5 Å². The highest BCUT2D eigenvalue weighted by molar-refractivity contribution is 7.82. The molecule has 1 aromatic carbocycles. The SMILES string of the molecule is CC(C)n1cnc2c(Nc3cccc(Cl)c3)nc(NCCO/C(=[P+](/[O-])O)P(=O)(O)O)nc21. The van der Waals surface area contributed by atoms with Crippen molar-refractivity contribution in [3.05, 3.63) is 35.6 Å². The fraction of sp³-hybridized carbons (Fsp3) is 0.294. The lowest BCUT2D eigenvalue weighted by molar-refractivity contribution is -0.168. The van der Waals surface area contributed by atoms with Gasteiger partial charge in [0.25, 0.3) is 8.00 Å². The lowest BCUT2D eigenvalue weighted by atomic mass is 10.3. The van der Waals surface area contributed by atoms with Crippen LogP contribution in [0.2, 0.25) is 5.02 Å². The zero-order chi connectivity index (χ0) is 23.5. The average molecular weight is 503 g/mol. The van der Waals surface area contributed by atoms with E-state index in [9.17, 15) is 9.46 Å². The number of benzene rings is 1. The Kier molecular flexibility index (Phi) is 7.81. The second kappa shape index (κ2) is 10.2. The smallest absolute Gasteiger partial charge is 0.425 e. The van der Waals surface area contributed by atoms with Crippen LogP contribution in [0.3, 0.4) is 0 Å². The Labute approximate surface area is 189 Å². The average Bonchev–Trinajstić information content (AvgIpc) is 3.11. The van der Waals surface area contributed by atoms with Crippen molar-refractivity contribution in [1.29, 1.82) is 0 Å². The van der Waals surface area contributed by atoms with E-state index in [0.29, 0.717) is 27.7 Å². The number of imidazole rings is 1. The Balaban J connectivity index is 1.84. The van der Waals surface area contributed by atoms with Crippen molar-refractivity contribution in [1.82, 2.24) is 19.5 Å². The van der Waals surface area contributed by atoms with Crippen LogP contribution in [0.25, 0.3) is 11.2 Å². The van der Waals surface area contributed by atoms with Gasteiger partial charge in [-0.25, -0.2) is 9.55 Å². The number of aromatic nitrogens is 4. The first-order valence-corrected chi connectivity index (χ1v) is 12.5. The third kappa shape index (κ3) is 6.00. The van der Waals surface area contributed by atoms with E-state index in [4.69, 9.17) is 31.0 Å². The maximum atomic E-state index is 11.2. The molecule has 0 saturated carbocycles. The zero-order valence-corrected chi connectivity index (χ0v) is 19.6.